The molecule has 0 unspecified atom stereocenters. The molecule has 0 saturated heterocycles. The second-order valence-electron chi connectivity index (χ2n) is 4.14. The van der Waals surface area contributed by atoms with E-state index in [0.717, 1.165) is 12.1 Å². The number of rotatable bonds is 3. The third-order valence-corrected chi connectivity index (χ3v) is 2.77. The van der Waals surface area contributed by atoms with Crippen molar-refractivity contribution in [2.75, 3.05) is 5.32 Å². The van der Waals surface area contributed by atoms with Crippen LogP contribution in [0.25, 0.3) is 0 Å². The van der Waals surface area contributed by atoms with Gasteiger partial charge in [0.05, 0.1) is 17.3 Å². The van der Waals surface area contributed by atoms with Gasteiger partial charge in [-0.2, -0.15) is 10.4 Å². The van der Waals surface area contributed by atoms with Crippen molar-refractivity contribution < 1.29 is 4.79 Å². The van der Waals surface area contributed by atoms with Gasteiger partial charge in [0.15, 0.2) is 0 Å². The average Bonchev–Trinajstić information content (AvgIpc) is 2.80. The van der Waals surface area contributed by atoms with Crippen LogP contribution in [0.1, 0.15) is 28.7 Å². The van der Waals surface area contributed by atoms with Crippen LogP contribution in [0.15, 0.2) is 30.3 Å². The van der Waals surface area contributed by atoms with Crippen LogP contribution in [0, 0.1) is 11.3 Å². The van der Waals surface area contributed by atoms with Crippen LogP contribution >= 0.6 is 0 Å². The second kappa shape index (κ2) is 5.36. The van der Waals surface area contributed by atoms with E-state index in [9.17, 15) is 4.79 Å². The summed E-state index contributed by atoms with van der Waals surface area (Å²) < 4.78 is 1.56. The Morgan fingerprint density at radius 3 is 2.89 bits per heavy atom. The minimum absolute atomic E-state index is 0.232. The molecular weight excluding hydrogens is 240 g/mol. The Labute approximate surface area is 111 Å². The van der Waals surface area contributed by atoms with Crippen molar-refractivity contribution in [1.29, 1.82) is 5.26 Å². The monoisotopic (exact) mass is 254 g/mol. The highest BCUT2D eigenvalue weighted by atomic mass is 16.2. The van der Waals surface area contributed by atoms with E-state index in [1.165, 1.54) is 0 Å². The highest BCUT2D eigenvalue weighted by molar-refractivity contribution is 6.03. The normalized spacial score (nSPS) is 9.95. The zero-order valence-electron chi connectivity index (χ0n) is 10.8. The molecular formula is C14H14N4O. The number of anilines is 1. The molecule has 0 aliphatic rings. The maximum atomic E-state index is 12.1. The first-order valence-corrected chi connectivity index (χ1v) is 5.98. The number of carbonyl (C=O) groups excluding carboxylic acids is 1. The van der Waals surface area contributed by atoms with Crippen LogP contribution in [0.2, 0.25) is 0 Å². The van der Waals surface area contributed by atoms with Gasteiger partial charge in [-0.15, -0.1) is 0 Å². The highest BCUT2D eigenvalue weighted by Gasteiger charge is 2.12. The Morgan fingerprint density at radius 1 is 1.47 bits per heavy atom. The zero-order valence-corrected chi connectivity index (χ0v) is 10.8. The predicted molar refractivity (Wildman–Crippen MR) is 71.7 cm³/mol. The lowest BCUT2D eigenvalue weighted by Crippen LogP contribution is -2.16. The number of aromatic nitrogens is 2. The van der Waals surface area contributed by atoms with Crippen molar-refractivity contribution in [2.24, 2.45) is 7.05 Å². The third kappa shape index (κ3) is 2.80. The lowest BCUT2D eigenvalue weighted by atomic mass is 10.2. The van der Waals surface area contributed by atoms with Gasteiger partial charge in [-0.3, -0.25) is 9.48 Å². The van der Waals surface area contributed by atoms with E-state index >= 15 is 0 Å². The zero-order chi connectivity index (χ0) is 13.8. The molecule has 1 amide bonds. The van der Waals surface area contributed by atoms with Gasteiger partial charge < -0.3 is 5.32 Å². The lowest BCUT2D eigenvalue weighted by Gasteiger charge is -2.05. The Kier molecular flexibility index (Phi) is 3.62. The molecule has 0 radical (unpaired) electrons. The first-order valence-electron chi connectivity index (χ1n) is 5.98. The molecule has 96 valence electrons. The van der Waals surface area contributed by atoms with E-state index in [0.29, 0.717) is 16.9 Å². The number of amides is 1. The molecule has 0 aliphatic heterocycles. The van der Waals surface area contributed by atoms with Gasteiger partial charge >= 0.3 is 0 Å². The fourth-order valence-electron chi connectivity index (χ4n) is 1.77. The molecule has 0 aliphatic carbocycles. The summed E-state index contributed by atoms with van der Waals surface area (Å²) in [6.45, 7) is 1.99. The molecule has 2 aromatic rings. The number of nitriles is 1. The van der Waals surface area contributed by atoms with Crippen LogP contribution in [-0.2, 0) is 13.5 Å². The van der Waals surface area contributed by atoms with E-state index in [1.807, 2.05) is 13.0 Å². The van der Waals surface area contributed by atoms with Gasteiger partial charge in [-0.25, -0.2) is 0 Å². The van der Waals surface area contributed by atoms with Gasteiger partial charge in [0.25, 0.3) is 5.91 Å². The highest BCUT2D eigenvalue weighted by Crippen LogP contribution is 2.12. The molecule has 1 aromatic heterocycles. The Bertz CT molecular complexity index is 652. The Morgan fingerprint density at radius 2 is 2.26 bits per heavy atom. The number of hydrogen-bond acceptors (Lipinski definition) is 3. The second-order valence-corrected chi connectivity index (χ2v) is 4.14. The summed E-state index contributed by atoms with van der Waals surface area (Å²) in [6.07, 6.45) is 0.783. The minimum Gasteiger partial charge on any atom is -0.321 e. The van der Waals surface area contributed by atoms with E-state index in [4.69, 9.17) is 5.26 Å². The van der Waals surface area contributed by atoms with Gasteiger partial charge in [0.1, 0.15) is 5.69 Å². The third-order valence-electron chi connectivity index (χ3n) is 2.77. The SMILES string of the molecule is CCc1cc(C(=O)Nc2cccc(C#N)c2)n(C)n1. The van der Waals surface area contributed by atoms with Crippen LogP contribution in [0.3, 0.4) is 0 Å². The Hall–Kier alpha value is -2.61. The van der Waals surface area contributed by atoms with Crippen molar-refractivity contribution in [3.63, 3.8) is 0 Å². The molecule has 19 heavy (non-hydrogen) atoms. The van der Waals surface area contributed by atoms with Crippen LogP contribution in [0.5, 0.6) is 0 Å². The molecule has 0 fully saturated rings. The fourth-order valence-corrected chi connectivity index (χ4v) is 1.77. The topological polar surface area (TPSA) is 70.7 Å². The number of benzene rings is 1. The molecule has 5 nitrogen and oxygen atoms in total. The maximum absolute atomic E-state index is 12.1. The first kappa shape index (κ1) is 12.8. The van der Waals surface area contributed by atoms with E-state index in [1.54, 1.807) is 42.1 Å². The summed E-state index contributed by atoms with van der Waals surface area (Å²) in [5, 5.41) is 15.8. The van der Waals surface area contributed by atoms with E-state index < -0.39 is 0 Å². The van der Waals surface area contributed by atoms with Gasteiger partial charge in [-0.1, -0.05) is 13.0 Å². The van der Waals surface area contributed by atoms with Gasteiger partial charge in [0, 0.05) is 12.7 Å². The van der Waals surface area contributed by atoms with E-state index in [-0.39, 0.29) is 5.91 Å². The van der Waals surface area contributed by atoms with Crippen molar-refractivity contribution in [2.45, 2.75) is 13.3 Å². The van der Waals surface area contributed by atoms with Crippen molar-refractivity contribution in [3.05, 3.63) is 47.3 Å². The molecule has 1 heterocycles. The average molecular weight is 254 g/mol. The molecule has 1 N–H and O–H groups in total. The number of nitrogens with one attached hydrogen (secondary N) is 1. The van der Waals surface area contributed by atoms with Crippen molar-refractivity contribution in [3.8, 4) is 6.07 Å². The summed E-state index contributed by atoms with van der Waals surface area (Å²) >= 11 is 0. The largest absolute Gasteiger partial charge is 0.321 e. The predicted octanol–water partition coefficient (Wildman–Crippen LogP) is 2.11. The molecule has 0 bridgehead atoms. The summed E-state index contributed by atoms with van der Waals surface area (Å²) in [6, 6.07) is 10.6. The number of aryl methyl sites for hydroxylation is 2. The van der Waals surface area contributed by atoms with Crippen LogP contribution < -0.4 is 5.32 Å². The van der Waals surface area contributed by atoms with Crippen LogP contribution in [-0.4, -0.2) is 15.7 Å². The smallest absolute Gasteiger partial charge is 0.273 e. The standard InChI is InChI=1S/C14H14N4O/c1-3-11-8-13(18(2)17-11)14(19)16-12-6-4-5-10(7-12)9-15/h4-8H,3H2,1-2H3,(H,16,19). The fraction of sp³-hybridized carbons (Fsp3) is 0.214. The lowest BCUT2D eigenvalue weighted by molar-refractivity contribution is 0.101. The summed E-state index contributed by atoms with van der Waals surface area (Å²) in [4.78, 5) is 12.1. The number of carbonyl (C=O) groups is 1. The first-order chi connectivity index (χ1) is 9.13. The quantitative estimate of drug-likeness (QED) is 0.911. The van der Waals surface area contributed by atoms with E-state index in [2.05, 4.69) is 10.4 Å². The molecule has 0 atom stereocenters. The summed E-state index contributed by atoms with van der Waals surface area (Å²) in [5.41, 5.74) is 2.48. The summed E-state index contributed by atoms with van der Waals surface area (Å²) in [5.74, 6) is -0.232. The number of hydrogen-bond donors (Lipinski definition) is 1. The molecule has 1 aromatic carbocycles. The van der Waals surface area contributed by atoms with Gasteiger partial charge in [-0.05, 0) is 30.7 Å². The molecule has 2 rings (SSSR count). The minimum atomic E-state index is -0.232. The number of nitrogens with zero attached hydrogens (tertiary/aromatic N) is 3. The molecule has 0 saturated carbocycles. The molecule has 0 spiro atoms. The maximum Gasteiger partial charge on any atom is 0.273 e. The molecule has 5 heteroatoms. The Balaban J connectivity index is 2.20. The summed E-state index contributed by atoms with van der Waals surface area (Å²) in [7, 11) is 1.74. The van der Waals surface area contributed by atoms with Crippen molar-refractivity contribution >= 4 is 11.6 Å². The van der Waals surface area contributed by atoms with Crippen molar-refractivity contribution in [1.82, 2.24) is 9.78 Å². The van der Waals surface area contributed by atoms with Crippen LogP contribution in [0.4, 0.5) is 5.69 Å². The van der Waals surface area contributed by atoms with Gasteiger partial charge in [0.2, 0.25) is 0 Å².